The van der Waals surface area contributed by atoms with E-state index in [0.29, 0.717) is 5.69 Å². The molecule has 0 aliphatic rings. The third kappa shape index (κ3) is 3.33. The number of phenolic OH excluding ortho intramolecular Hbond substituents is 1. The summed E-state index contributed by atoms with van der Waals surface area (Å²) < 4.78 is 27.2. The summed E-state index contributed by atoms with van der Waals surface area (Å²) in [6.07, 6.45) is 0. The van der Waals surface area contributed by atoms with E-state index in [9.17, 15) is 13.5 Å². The van der Waals surface area contributed by atoms with E-state index in [2.05, 4.69) is 4.72 Å². The second-order valence-electron chi connectivity index (χ2n) is 5.27. The Morgan fingerprint density at radius 2 is 1.33 bits per heavy atom. The van der Waals surface area contributed by atoms with Crippen molar-refractivity contribution in [3.63, 3.8) is 0 Å². The van der Waals surface area contributed by atoms with Gasteiger partial charge in [0.2, 0.25) is 0 Å². The molecule has 3 rings (SSSR count). The van der Waals surface area contributed by atoms with Gasteiger partial charge in [-0.1, -0.05) is 36.4 Å². The van der Waals surface area contributed by atoms with Gasteiger partial charge in [-0.3, -0.25) is 4.72 Å². The number of nitrogens with two attached hydrogens (primary N) is 1. The van der Waals surface area contributed by atoms with E-state index in [1.807, 2.05) is 12.1 Å². The van der Waals surface area contributed by atoms with Crippen LogP contribution in [-0.2, 0) is 10.0 Å². The average molecular weight is 340 g/mol. The van der Waals surface area contributed by atoms with Crippen molar-refractivity contribution in [3.05, 3.63) is 72.8 Å². The number of nitrogen functional groups attached to an aromatic ring is 1. The maximum atomic E-state index is 12.4. The molecule has 3 aromatic rings. The van der Waals surface area contributed by atoms with Crippen molar-refractivity contribution in [1.29, 1.82) is 0 Å². The van der Waals surface area contributed by atoms with Gasteiger partial charge in [0.15, 0.2) is 0 Å². The van der Waals surface area contributed by atoms with E-state index < -0.39 is 10.0 Å². The van der Waals surface area contributed by atoms with Crippen LogP contribution in [0.2, 0.25) is 0 Å². The lowest BCUT2D eigenvalue weighted by Gasteiger charge is -2.10. The number of benzene rings is 3. The zero-order chi connectivity index (χ0) is 17.2. The van der Waals surface area contributed by atoms with Crippen LogP contribution >= 0.6 is 0 Å². The standard InChI is InChI=1S/C18H16N2O3S/c19-15-9-5-13(6-10-15)14-7-11-16(12-8-14)24(22,23)20-17-3-1-2-4-18(17)21/h1-12,20-21H,19H2. The number of hydrogen-bond donors (Lipinski definition) is 3. The predicted molar refractivity (Wildman–Crippen MR) is 95.2 cm³/mol. The molecule has 3 aromatic carbocycles. The van der Waals surface area contributed by atoms with Gasteiger partial charge in [-0.25, -0.2) is 8.42 Å². The first kappa shape index (κ1) is 15.9. The Morgan fingerprint density at radius 3 is 1.92 bits per heavy atom. The summed E-state index contributed by atoms with van der Waals surface area (Å²) in [6, 6.07) is 20.0. The second kappa shape index (κ2) is 6.25. The molecule has 0 amide bonds. The van der Waals surface area contributed by atoms with Crippen molar-refractivity contribution in [3.8, 4) is 16.9 Å². The topological polar surface area (TPSA) is 92.4 Å². The number of aromatic hydroxyl groups is 1. The molecular weight excluding hydrogens is 324 g/mol. The Morgan fingerprint density at radius 1 is 0.792 bits per heavy atom. The van der Waals surface area contributed by atoms with Crippen LogP contribution in [0.25, 0.3) is 11.1 Å². The highest BCUT2D eigenvalue weighted by molar-refractivity contribution is 7.92. The molecule has 6 heteroatoms. The number of hydrogen-bond acceptors (Lipinski definition) is 4. The molecule has 0 aliphatic heterocycles. The highest BCUT2D eigenvalue weighted by atomic mass is 32.2. The zero-order valence-electron chi connectivity index (χ0n) is 12.7. The lowest BCUT2D eigenvalue weighted by atomic mass is 10.1. The fourth-order valence-corrected chi connectivity index (χ4v) is 3.34. The number of anilines is 2. The zero-order valence-corrected chi connectivity index (χ0v) is 13.5. The van der Waals surface area contributed by atoms with Crippen molar-refractivity contribution in [2.45, 2.75) is 4.90 Å². The van der Waals surface area contributed by atoms with E-state index in [1.165, 1.54) is 24.3 Å². The van der Waals surface area contributed by atoms with Crippen LogP contribution in [0.15, 0.2) is 77.7 Å². The van der Waals surface area contributed by atoms with Gasteiger partial charge in [0, 0.05) is 5.69 Å². The van der Waals surface area contributed by atoms with Gasteiger partial charge in [-0.05, 0) is 47.5 Å². The first-order valence-electron chi connectivity index (χ1n) is 7.22. The molecule has 0 unspecified atom stereocenters. The third-order valence-electron chi connectivity index (χ3n) is 3.56. The molecular formula is C18H16N2O3S. The summed E-state index contributed by atoms with van der Waals surface area (Å²) >= 11 is 0. The van der Waals surface area contributed by atoms with Crippen LogP contribution in [0.3, 0.4) is 0 Å². The molecule has 0 bridgehead atoms. The molecule has 0 fully saturated rings. The highest BCUT2D eigenvalue weighted by Crippen LogP contribution is 2.26. The molecule has 0 atom stereocenters. The fourth-order valence-electron chi connectivity index (χ4n) is 2.27. The van der Waals surface area contributed by atoms with E-state index in [4.69, 9.17) is 5.73 Å². The van der Waals surface area contributed by atoms with Crippen LogP contribution < -0.4 is 10.5 Å². The van der Waals surface area contributed by atoms with E-state index in [1.54, 1.807) is 36.4 Å². The van der Waals surface area contributed by atoms with Gasteiger partial charge in [0.1, 0.15) is 5.75 Å². The Labute approximate surface area is 140 Å². The van der Waals surface area contributed by atoms with E-state index >= 15 is 0 Å². The number of nitrogens with one attached hydrogen (secondary N) is 1. The van der Waals surface area contributed by atoms with Crippen molar-refractivity contribution < 1.29 is 13.5 Å². The monoisotopic (exact) mass is 340 g/mol. The minimum atomic E-state index is -3.77. The SMILES string of the molecule is Nc1ccc(-c2ccc(S(=O)(=O)Nc3ccccc3O)cc2)cc1. The number of sulfonamides is 1. The maximum absolute atomic E-state index is 12.4. The third-order valence-corrected chi connectivity index (χ3v) is 4.94. The Hall–Kier alpha value is -2.99. The number of phenols is 1. The lowest BCUT2D eigenvalue weighted by Crippen LogP contribution is -2.12. The average Bonchev–Trinajstić information content (AvgIpc) is 2.58. The quantitative estimate of drug-likeness (QED) is 0.501. The molecule has 4 N–H and O–H groups in total. The molecule has 5 nitrogen and oxygen atoms in total. The molecule has 0 heterocycles. The predicted octanol–water partition coefficient (Wildman–Crippen LogP) is 3.44. The Bertz CT molecular complexity index is 950. The smallest absolute Gasteiger partial charge is 0.262 e. The molecule has 122 valence electrons. The van der Waals surface area contributed by atoms with Gasteiger partial charge in [0.25, 0.3) is 10.0 Å². The molecule has 0 spiro atoms. The lowest BCUT2D eigenvalue weighted by molar-refractivity contribution is 0.477. The number of para-hydroxylation sites is 2. The molecule has 0 saturated heterocycles. The van der Waals surface area contributed by atoms with Gasteiger partial charge < -0.3 is 10.8 Å². The van der Waals surface area contributed by atoms with Crippen molar-refractivity contribution in [2.75, 3.05) is 10.5 Å². The molecule has 0 aromatic heterocycles. The maximum Gasteiger partial charge on any atom is 0.262 e. The van der Waals surface area contributed by atoms with Gasteiger partial charge in [-0.15, -0.1) is 0 Å². The van der Waals surface area contributed by atoms with Gasteiger partial charge >= 0.3 is 0 Å². The first-order valence-corrected chi connectivity index (χ1v) is 8.71. The van der Waals surface area contributed by atoms with Gasteiger partial charge in [0.05, 0.1) is 10.6 Å². The van der Waals surface area contributed by atoms with E-state index in [-0.39, 0.29) is 16.3 Å². The fraction of sp³-hybridized carbons (Fsp3) is 0. The van der Waals surface area contributed by atoms with Crippen LogP contribution in [0.1, 0.15) is 0 Å². The molecule has 0 radical (unpaired) electrons. The second-order valence-corrected chi connectivity index (χ2v) is 6.95. The summed E-state index contributed by atoms with van der Waals surface area (Å²) in [5, 5.41) is 9.70. The van der Waals surface area contributed by atoms with E-state index in [0.717, 1.165) is 11.1 Å². The normalized spacial score (nSPS) is 11.2. The van der Waals surface area contributed by atoms with Crippen LogP contribution in [-0.4, -0.2) is 13.5 Å². The number of rotatable bonds is 4. The Balaban J connectivity index is 1.87. The van der Waals surface area contributed by atoms with Gasteiger partial charge in [-0.2, -0.15) is 0 Å². The summed E-state index contributed by atoms with van der Waals surface area (Å²) in [5.74, 6) is -0.125. The van der Waals surface area contributed by atoms with Crippen molar-refractivity contribution in [1.82, 2.24) is 0 Å². The highest BCUT2D eigenvalue weighted by Gasteiger charge is 2.15. The summed E-state index contributed by atoms with van der Waals surface area (Å²) in [5.41, 5.74) is 8.31. The van der Waals surface area contributed by atoms with Crippen molar-refractivity contribution in [2.24, 2.45) is 0 Å². The van der Waals surface area contributed by atoms with Crippen LogP contribution in [0.5, 0.6) is 5.75 Å². The largest absolute Gasteiger partial charge is 0.506 e. The first-order chi connectivity index (χ1) is 11.5. The minimum absolute atomic E-state index is 0.116. The molecule has 0 saturated carbocycles. The van der Waals surface area contributed by atoms with Crippen molar-refractivity contribution >= 4 is 21.4 Å². The van der Waals surface area contributed by atoms with Crippen LogP contribution in [0, 0.1) is 0 Å². The molecule has 0 aliphatic carbocycles. The Kier molecular flexibility index (Phi) is 4.14. The summed E-state index contributed by atoms with van der Waals surface area (Å²) in [6.45, 7) is 0. The molecule has 24 heavy (non-hydrogen) atoms. The summed E-state index contributed by atoms with van der Waals surface area (Å²) in [7, 11) is -3.77. The summed E-state index contributed by atoms with van der Waals surface area (Å²) in [4.78, 5) is 0.116. The van der Waals surface area contributed by atoms with Crippen LogP contribution in [0.4, 0.5) is 11.4 Å². The minimum Gasteiger partial charge on any atom is -0.506 e.